The lowest BCUT2D eigenvalue weighted by Gasteiger charge is -2.36. The third-order valence-electron chi connectivity index (χ3n) is 4.80. The third kappa shape index (κ3) is 3.55. The molecule has 0 atom stereocenters. The number of anilines is 1. The van der Waals surface area contributed by atoms with E-state index in [1.807, 2.05) is 4.90 Å². The fraction of sp³-hybridized carbons (Fsp3) is 0.211. The van der Waals surface area contributed by atoms with Gasteiger partial charge in [-0.15, -0.1) is 23.0 Å². The standard InChI is InChI=1S/C19H19FN2O3S.ClH/c20-16-5-1-2-6-17(16)21-9-11-22(12-10-21)19(23)15-4-3-7-18-14(15)8-13-26(18,24)25;/h1-8,13,24-25H,9-12H2;1H. The van der Waals surface area contributed by atoms with Gasteiger partial charge in [-0.25, -0.2) is 4.39 Å². The summed E-state index contributed by atoms with van der Waals surface area (Å²) in [5, 5.41) is 1.35. The number of hydrogen-bond acceptors (Lipinski definition) is 4. The Morgan fingerprint density at radius 3 is 2.41 bits per heavy atom. The molecule has 5 nitrogen and oxygen atoms in total. The Morgan fingerprint density at radius 1 is 1.00 bits per heavy atom. The van der Waals surface area contributed by atoms with Gasteiger partial charge in [-0.2, -0.15) is 0 Å². The molecule has 8 heteroatoms. The van der Waals surface area contributed by atoms with Crippen molar-refractivity contribution in [3.8, 4) is 0 Å². The van der Waals surface area contributed by atoms with Crippen molar-refractivity contribution in [3.63, 3.8) is 0 Å². The molecule has 1 amide bonds. The van der Waals surface area contributed by atoms with Gasteiger partial charge in [-0.1, -0.05) is 18.2 Å². The minimum Gasteiger partial charge on any atom is -0.366 e. The van der Waals surface area contributed by atoms with Gasteiger partial charge in [0.25, 0.3) is 5.91 Å². The summed E-state index contributed by atoms with van der Waals surface area (Å²) >= 11 is 0. The van der Waals surface area contributed by atoms with E-state index in [0.29, 0.717) is 47.9 Å². The van der Waals surface area contributed by atoms with E-state index in [-0.39, 0.29) is 24.1 Å². The van der Waals surface area contributed by atoms with E-state index < -0.39 is 10.6 Å². The van der Waals surface area contributed by atoms with Crippen molar-refractivity contribution < 1.29 is 18.3 Å². The van der Waals surface area contributed by atoms with Crippen LogP contribution in [0.2, 0.25) is 0 Å². The van der Waals surface area contributed by atoms with Gasteiger partial charge in [0.2, 0.25) is 0 Å². The summed E-state index contributed by atoms with van der Waals surface area (Å²) in [6.45, 7) is 2.06. The lowest BCUT2D eigenvalue weighted by atomic mass is 10.1. The predicted molar refractivity (Wildman–Crippen MR) is 108 cm³/mol. The Bertz CT molecular complexity index is 898. The average Bonchev–Trinajstić information content (AvgIpc) is 2.97. The van der Waals surface area contributed by atoms with Crippen LogP contribution >= 0.6 is 23.0 Å². The first-order valence-corrected chi connectivity index (χ1v) is 9.96. The van der Waals surface area contributed by atoms with Crippen molar-refractivity contribution in [2.75, 3.05) is 31.1 Å². The molecule has 2 aromatic carbocycles. The highest BCUT2D eigenvalue weighted by molar-refractivity contribution is 8.27. The lowest BCUT2D eigenvalue weighted by Crippen LogP contribution is -2.49. The molecule has 1 saturated heterocycles. The van der Waals surface area contributed by atoms with Gasteiger partial charge in [-0.3, -0.25) is 13.9 Å². The van der Waals surface area contributed by atoms with Crippen molar-refractivity contribution in [1.82, 2.24) is 4.90 Å². The number of fused-ring (bicyclic) bond motifs is 1. The molecule has 2 N–H and O–H groups in total. The molecular weight excluding hydrogens is 391 g/mol. The number of benzene rings is 2. The Kier molecular flexibility index (Phi) is 5.48. The van der Waals surface area contributed by atoms with E-state index in [9.17, 15) is 18.3 Å². The molecular formula is C19H20ClFN2O3S. The Hall–Kier alpha value is -2.06. The van der Waals surface area contributed by atoms with Crippen LogP contribution in [0.4, 0.5) is 10.1 Å². The van der Waals surface area contributed by atoms with E-state index in [1.165, 1.54) is 11.5 Å². The molecule has 0 spiro atoms. The number of carbonyl (C=O) groups is 1. The van der Waals surface area contributed by atoms with Crippen LogP contribution in [-0.2, 0) is 0 Å². The first-order chi connectivity index (χ1) is 12.5. The van der Waals surface area contributed by atoms with Gasteiger partial charge in [0.15, 0.2) is 0 Å². The van der Waals surface area contributed by atoms with Crippen molar-refractivity contribution in [2.45, 2.75) is 4.90 Å². The predicted octanol–water partition coefficient (Wildman–Crippen LogP) is 4.30. The molecule has 2 aromatic rings. The first-order valence-electron chi connectivity index (χ1n) is 8.35. The minimum atomic E-state index is -2.94. The number of rotatable bonds is 2. The van der Waals surface area contributed by atoms with Crippen molar-refractivity contribution in [2.24, 2.45) is 0 Å². The molecule has 4 rings (SSSR count). The largest absolute Gasteiger partial charge is 0.366 e. The number of nitrogens with zero attached hydrogens (tertiary/aromatic N) is 2. The Morgan fingerprint density at radius 2 is 1.70 bits per heavy atom. The van der Waals surface area contributed by atoms with E-state index in [4.69, 9.17) is 0 Å². The molecule has 1 fully saturated rings. The van der Waals surface area contributed by atoms with Gasteiger partial charge >= 0.3 is 0 Å². The zero-order valence-electron chi connectivity index (χ0n) is 14.4. The highest BCUT2D eigenvalue weighted by Gasteiger charge is 2.29. The molecule has 0 aliphatic carbocycles. The summed E-state index contributed by atoms with van der Waals surface area (Å²) < 4.78 is 34.0. The third-order valence-corrected chi connectivity index (χ3v) is 6.32. The number of amides is 1. The van der Waals surface area contributed by atoms with Crippen LogP contribution in [-0.4, -0.2) is 46.1 Å². The molecule has 0 aromatic heterocycles. The van der Waals surface area contributed by atoms with Crippen LogP contribution in [0.3, 0.4) is 0 Å². The topological polar surface area (TPSA) is 64.0 Å². The molecule has 0 saturated carbocycles. The molecule has 144 valence electrons. The summed E-state index contributed by atoms with van der Waals surface area (Å²) in [5.74, 6) is -0.403. The normalized spacial score (nSPS) is 18.6. The zero-order valence-corrected chi connectivity index (χ0v) is 16.0. The number of hydrogen-bond donors (Lipinski definition) is 2. The summed E-state index contributed by atoms with van der Waals surface area (Å²) in [7, 11) is -2.94. The van der Waals surface area contributed by atoms with E-state index in [1.54, 1.807) is 47.4 Å². The highest BCUT2D eigenvalue weighted by Crippen LogP contribution is 2.56. The molecule has 2 heterocycles. The fourth-order valence-corrected chi connectivity index (χ4v) is 4.68. The van der Waals surface area contributed by atoms with Crippen LogP contribution in [0.5, 0.6) is 0 Å². The van der Waals surface area contributed by atoms with Crippen molar-refractivity contribution >= 4 is 40.7 Å². The van der Waals surface area contributed by atoms with Crippen LogP contribution < -0.4 is 4.90 Å². The van der Waals surface area contributed by atoms with Crippen LogP contribution in [0.1, 0.15) is 15.9 Å². The van der Waals surface area contributed by atoms with E-state index >= 15 is 0 Å². The second-order valence-corrected chi connectivity index (χ2v) is 8.24. The quantitative estimate of drug-likeness (QED) is 0.774. The Labute approximate surface area is 164 Å². The summed E-state index contributed by atoms with van der Waals surface area (Å²) in [5.41, 5.74) is 1.60. The highest BCUT2D eigenvalue weighted by atomic mass is 35.5. The second-order valence-electron chi connectivity index (χ2n) is 6.34. The maximum Gasteiger partial charge on any atom is 0.254 e. The fourth-order valence-electron chi connectivity index (χ4n) is 3.43. The molecule has 2 aliphatic rings. The van der Waals surface area contributed by atoms with Crippen LogP contribution in [0, 0.1) is 5.82 Å². The molecule has 0 bridgehead atoms. The monoisotopic (exact) mass is 410 g/mol. The lowest BCUT2D eigenvalue weighted by molar-refractivity contribution is 0.0746. The molecule has 27 heavy (non-hydrogen) atoms. The van der Waals surface area contributed by atoms with Crippen LogP contribution in [0.25, 0.3) is 6.08 Å². The second kappa shape index (κ2) is 7.52. The SMILES string of the molecule is Cl.O=C(c1cccc2c1C=CS2(O)O)N1CCN(c2ccccc2F)CC1. The average molecular weight is 411 g/mol. The number of para-hydroxylation sites is 1. The number of carbonyl (C=O) groups excluding carboxylic acids is 1. The van der Waals surface area contributed by atoms with Gasteiger partial charge < -0.3 is 9.80 Å². The zero-order chi connectivity index (χ0) is 18.3. The summed E-state index contributed by atoms with van der Waals surface area (Å²) in [6.07, 6.45) is 1.60. The molecule has 2 aliphatic heterocycles. The Balaban J connectivity index is 0.00000210. The molecule has 0 radical (unpaired) electrons. The maximum atomic E-state index is 13.9. The summed E-state index contributed by atoms with van der Waals surface area (Å²) in [6, 6.07) is 11.6. The molecule has 0 unspecified atom stereocenters. The van der Waals surface area contributed by atoms with Gasteiger partial charge in [0.1, 0.15) is 5.82 Å². The van der Waals surface area contributed by atoms with Crippen molar-refractivity contribution in [1.29, 1.82) is 0 Å². The summed E-state index contributed by atoms with van der Waals surface area (Å²) in [4.78, 5) is 17.0. The number of piperazine rings is 1. The smallest absolute Gasteiger partial charge is 0.254 e. The van der Waals surface area contributed by atoms with E-state index in [2.05, 4.69) is 0 Å². The van der Waals surface area contributed by atoms with E-state index in [0.717, 1.165) is 0 Å². The van der Waals surface area contributed by atoms with Crippen LogP contribution in [0.15, 0.2) is 52.8 Å². The minimum absolute atomic E-state index is 0. The van der Waals surface area contributed by atoms with Gasteiger partial charge in [0, 0.05) is 42.7 Å². The maximum absolute atomic E-state index is 13.9. The first kappa shape index (κ1) is 19.7. The van der Waals surface area contributed by atoms with Gasteiger partial charge in [-0.05, 0) is 30.3 Å². The number of halogens is 2. The van der Waals surface area contributed by atoms with Gasteiger partial charge in [0.05, 0.1) is 10.6 Å². The van der Waals surface area contributed by atoms with Crippen molar-refractivity contribution in [3.05, 3.63) is 64.8 Å².